The molecule has 1 saturated heterocycles. The van der Waals surface area contributed by atoms with E-state index in [1.165, 1.54) is 6.20 Å². The Labute approximate surface area is 281 Å². The van der Waals surface area contributed by atoms with E-state index in [-0.39, 0.29) is 35.8 Å². The maximum Gasteiger partial charge on any atom is 0.303 e. The van der Waals surface area contributed by atoms with E-state index in [9.17, 15) is 9.59 Å². The van der Waals surface area contributed by atoms with Crippen molar-refractivity contribution in [2.75, 3.05) is 25.5 Å². The summed E-state index contributed by atoms with van der Waals surface area (Å²) in [6.07, 6.45) is 4.92. The van der Waals surface area contributed by atoms with Crippen molar-refractivity contribution >= 4 is 46.6 Å². The van der Waals surface area contributed by atoms with E-state index in [0.717, 1.165) is 12.0 Å². The second-order valence-corrected chi connectivity index (χ2v) is 11.7. The molecule has 1 aromatic carbocycles. The molecule has 4 aromatic rings. The van der Waals surface area contributed by atoms with Crippen LogP contribution in [-0.4, -0.2) is 58.2 Å². The monoisotopic (exact) mass is 681 g/mol. The number of amides is 1. The number of aliphatic carboxylic acids is 1. The van der Waals surface area contributed by atoms with Gasteiger partial charge in [-0.3, -0.25) is 14.6 Å². The van der Waals surface area contributed by atoms with Crippen LogP contribution in [0.3, 0.4) is 0 Å². The normalized spacial score (nSPS) is 14.2. The number of nitrogens with zero attached hydrogens (tertiary/aromatic N) is 3. The highest BCUT2D eigenvalue weighted by atomic mass is 35.5. The Kier molecular flexibility index (Phi) is 11.5. The Morgan fingerprint density at radius 3 is 2.62 bits per heavy atom. The van der Waals surface area contributed by atoms with Crippen molar-refractivity contribution in [2.45, 2.75) is 44.8 Å². The third kappa shape index (κ3) is 8.52. The van der Waals surface area contributed by atoms with Gasteiger partial charge in [0.1, 0.15) is 0 Å². The van der Waals surface area contributed by atoms with E-state index in [1.54, 1.807) is 43.6 Å². The molecule has 47 heavy (non-hydrogen) atoms. The Morgan fingerprint density at radius 1 is 1.04 bits per heavy atom. The maximum atomic E-state index is 15.3. The summed E-state index contributed by atoms with van der Waals surface area (Å²) in [5.74, 6) is -0.926. The van der Waals surface area contributed by atoms with E-state index in [2.05, 4.69) is 31.2 Å². The molecule has 4 heterocycles. The van der Waals surface area contributed by atoms with Crippen molar-refractivity contribution in [1.29, 1.82) is 0 Å². The highest BCUT2D eigenvalue weighted by Crippen LogP contribution is 2.40. The van der Waals surface area contributed by atoms with Gasteiger partial charge in [-0.05, 0) is 43.7 Å². The van der Waals surface area contributed by atoms with Crippen LogP contribution in [0.15, 0.2) is 54.9 Å². The van der Waals surface area contributed by atoms with Gasteiger partial charge in [0.25, 0.3) is 0 Å². The fourth-order valence-corrected chi connectivity index (χ4v) is 5.78. The molecule has 5 rings (SSSR count). The van der Waals surface area contributed by atoms with Crippen molar-refractivity contribution in [3.8, 4) is 28.4 Å². The number of ether oxygens (including phenoxy) is 1. The topological polar surface area (TPSA) is 150 Å². The smallest absolute Gasteiger partial charge is 0.303 e. The first-order valence-corrected chi connectivity index (χ1v) is 15.8. The predicted octanol–water partition coefficient (Wildman–Crippen LogP) is 5.73. The molecule has 1 aliphatic heterocycles. The summed E-state index contributed by atoms with van der Waals surface area (Å²) in [6, 6.07) is 12.4. The molecule has 0 saturated carbocycles. The third-order valence-corrected chi connectivity index (χ3v) is 8.41. The van der Waals surface area contributed by atoms with Crippen molar-refractivity contribution in [3.63, 3.8) is 0 Å². The van der Waals surface area contributed by atoms with Crippen molar-refractivity contribution < 1.29 is 23.8 Å². The van der Waals surface area contributed by atoms with Gasteiger partial charge in [-0.15, -0.1) is 0 Å². The van der Waals surface area contributed by atoms with Crippen molar-refractivity contribution in [2.24, 2.45) is 0 Å². The van der Waals surface area contributed by atoms with Gasteiger partial charge in [0.2, 0.25) is 11.8 Å². The third-order valence-electron chi connectivity index (χ3n) is 7.62. The quantitative estimate of drug-likeness (QED) is 0.0985. The highest BCUT2D eigenvalue weighted by Gasteiger charge is 2.21. The number of methoxy groups -OCH3 is 1. The van der Waals surface area contributed by atoms with E-state index < -0.39 is 11.8 Å². The summed E-state index contributed by atoms with van der Waals surface area (Å²) in [5.41, 5.74) is 3.75. The van der Waals surface area contributed by atoms with Crippen LogP contribution >= 0.6 is 23.2 Å². The minimum absolute atomic E-state index is 0.0134. The summed E-state index contributed by atoms with van der Waals surface area (Å²) < 4.78 is 20.9. The van der Waals surface area contributed by atoms with Gasteiger partial charge >= 0.3 is 5.97 Å². The van der Waals surface area contributed by atoms with Crippen LogP contribution in [0, 0.1) is 5.82 Å². The van der Waals surface area contributed by atoms with Gasteiger partial charge < -0.3 is 31.1 Å². The predicted molar refractivity (Wildman–Crippen MR) is 178 cm³/mol. The minimum Gasteiger partial charge on any atom is -0.481 e. The molecule has 0 spiro atoms. The number of rotatable bonds is 15. The van der Waals surface area contributed by atoms with Gasteiger partial charge in [0.15, 0.2) is 11.6 Å². The number of anilines is 2. The van der Waals surface area contributed by atoms with Crippen LogP contribution in [0.25, 0.3) is 22.5 Å². The number of carbonyl (C=O) groups excluding carboxylic acids is 1. The second-order valence-electron chi connectivity index (χ2n) is 10.9. The molecule has 246 valence electrons. The molecule has 1 fully saturated rings. The molecule has 11 nitrogen and oxygen atoms in total. The standard InChI is InChI=1S/C33H34Cl2FN7O4/c1-47-33-20(17-38-18-21-8-10-26(44)41-21)7-9-24(43-33)22-12-15-39-31(29(22)35)23-4-2-5-25(28(23)34)42-32-30(36)19(11-14-40-32)16-37-13-3-6-27(45)46/h2,4-5,7,9,11-12,14-15,21,37-38H,3,6,8,10,13,16-18H2,1H3,(H,40,42)(H,41,44)(H,45,46). The van der Waals surface area contributed by atoms with E-state index >= 15 is 4.39 Å². The Balaban J connectivity index is 1.32. The Bertz CT molecular complexity index is 1760. The zero-order chi connectivity index (χ0) is 33.3. The number of halogens is 3. The number of carbonyl (C=O) groups is 2. The van der Waals surface area contributed by atoms with E-state index in [0.29, 0.717) is 77.1 Å². The number of aromatic nitrogens is 3. The molecular formula is C33H34Cl2FN7O4. The van der Waals surface area contributed by atoms with Gasteiger partial charge in [0.05, 0.1) is 34.2 Å². The van der Waals surface area contributed by atoms with Gasteiger partial charge in [-0.25, -0.2) is 14.4 Å². The number of hydrogen-bond donors (Lipinski definition) is 5. The van der Waals surface area contributed by atoms with Crippen molar-refractivity contribution in [1.82, 2.24) is 30.9 Å². The van der Waals surface area contributed by atoms with E-state index in [4.69, 9.17) is 38.0 Å². The summed E-state index contributed by atoms with van der Waals surface area (Å²) in [6.45, 7) is 1.80. The lowest BCUT2D eigenvalue weighted by Crippen LogP contribution is -2.35. The van der Waals surface area contributed by atoms with Crippen LogP contribution < -0.4 is 26.0 Å². The van der Waals surface area contributed by atoms with Crippen molar-refractivity contribution in [3.05, 3.63) is 81.8 Å². The van der Waals surface area contributed by atoms with Crippen LogP contribution in [0.5, 0.6) is 5.88 Å². The van der Waals surface area contributed by atoms with Gasteiger partial charge in [0, 0.05) is 73.2 Å². The minimum atomic E-state index is -0.876. The number of pyridine rings is 3. The second kappa shape index (κ2) is 16.0. The first-order chi connectivity index (χ1) is 22.7. The molecule has 0 aliphatic carbocycles. The first kappa shape index (κ1) is 34.0. The molecule has 1 aliphatic rings. The van der Waals surface area contributed by atoms with Crippen LogP contribution in [0.2, 0.25) is 10.0 Å². The lowest BCUT2D eigenvalue weighted by atomic mass is 10.1. The Morgan fingerprint density at radius 2 is 1.85 bits per heavy atom. The number of hydrogen-bond acceptors (Lipinski definition) is 9. The average Bonchev–Trinajstić information content (AvgIpc) is 3.48. The molecule has 1 atom stereocenters. The zero-order valence-electron chi connectivity index (χ0n) is 25.6. The van der Waals surface area contributed by atoms with Crippen LogP contribution in [-0.2, 0) is 22.7 Å². The molecule has 14 heteroatoms. The molecule has 3 aromatic heterocycles. The number of carboxylic acids is 1. The number of benzene rings is 1. The molecule has 5 N–H and O–H groups in total. The molecular weight excluding hydrogens is 648 g/mol. The highest BCUT2D eigenvalue weighted by molar-refractivity contribution is 6.39. The maximum absolute atomic E-state index is 15.3. The number of carboxylic acid groups (broad SMARTS) is 1. The summed E-state index contributed by atoms with van der Waals surface area (Å²) in [4.78, 5) is 35.5. The lowest BCUT2D eigenvalue weighted by Gasteiger charge is -2.16. The fraction of sp³-hybridized carbons (Fsp3) is 0.303. The summed E-state index contributed by atoms with van der Waals surface area (Å²) in [7, 11) is 1.55. The van der Waals surface area contributed by atoms with E-state index in [1.807, 2.05) is 12.1 Å². The SMILES string of the molecule is COc1nc(-c2ccnc(-c3cccc(Nc4nccc(CNCCCC(=O)O)c4F)c3Cl)c2Cl)ccc1CNCC1CCC(=O)N1. The van der Waals surface area contributed by atoms with Gasteiger partial charge in [-0.1, -0.05) is 41.4 Å². The lowest BCUT2D eigenvalue weighted by molar-refractivity contribution is -0.137. The van der Waals surface area contributed by atoms with Crippen LogP contribution in [0.4, 0.5) is 15.9 Å². The first-order valence-electron chi connectivity index (χ1n) is 15.1. The molecule has 1 amide bonds. The van der Waals surface area contributed by atoms with Gasteiger partial charge in [-0.2, -0.15) is 0 Å². The molecule has 1 unspecified atom stereocenters. The summed E-state index contributed by atoms with van der Waals surface area (Å²) >= 11 is 13.8. The Hall–Kier alpha value is -4.36. The largest absolute Gasteiger partial charge is 0.481 e. The summed E-state index contributed by atoms with van der Waals surface area (Å²) in [5, 5.41) is 21.7. The zero-order valence-corrected chi connectivity index (χ0v) is 27.1. The van der Waals surface area contributed by atoms with Crippen LogP contribution in [0.1, 0.15) is 36.8 Å². The molecule has 0 bridgehead atoms. The fourth-order valence-electron chi connectivity index (χ4n) is 5.21. The molecule has 0 radical (unpaired) electrons. The average molecular weight is 683 g/mol. The number of nitrogens with one attached hydrogen (secondary N) is 4.